The van der Waals surface area contributed by atoms with Gasteiger partial charge in [-0.1, -0.05) is 44.7 Å². The second kappa shape index (κ2) is 5.10. The fourth-order valence-corrected chi connectivity index (χ4v) is 6.01. The molecular formula is C18H30B2. The Labute approximate surface area is 128 Å². The van der Waals surface area contributed by atoms with Crippen molar-refractivity contribution in [2.45, 2.75) is 77.4 Å². The van der Waals surface area contributed by atoms with Crippen molar-refractivity contribution in [2.75, 3.05) is 0 Å². The summed E-state index contributed by atoms with van der Waals surface area (Å²) in [5, 5.41) is -0.490. The molecule has 0 amide bonds. The minimum atomic E-state index is -0.490. The molecule has 0 nitrogen and oxygen atoms in total. The maximum absolute atomic E-state index is 6.71. The van der Waals surface area contributed by atoms with Crippen molar-refractivity contribution in [3.05, 3.63) is 0 Å². The van der Waals surface area contributed by atoms with Gasteiger partial charge in [-0.25, -0.2) is 0 Å². The van der Waals surface area contributed by atoms with Crippen molar-refractivity contribution in [3.8, 4) is 0 Å². The Morgan fingerprint density at radius 3 is 2.20 bits per heavy atom. The first kappa shape index (κ1) is 15.0. The maximum atomic E-state index is 6.71. The van der Waals surface area contributed by atoms with Gasteiger partial charge in [0.1, 0.15) is 0 Å². The molecule has 0 aromatic carbocycles. The van der Waals surface area contributed by atoms with Crippen LogP contribution in [-0.4, -0.2) is 15.7 Å². The van der Waals surface area contributed by atoms with Crippen molar-refractivity contribution in [1.82, 2.24) is 0 Å². The smallest absolute Gasteiger partial charge is 0.0631 e. The van der Waals surface area contributed by atoms with Crippen LogP contribution >= 0.6 is 0 Å². The summed E-state index contributed by atoms with van der Waals surface area (Å²) in [7, 11) is 13.4. The second-order valence-electron chi connectivity index (χ2n) is 8.74. The van der Waals surface area contributed by atoms with Crippen molar-refractivity contribution >= 4 is 15.7 Å². The molecule has 0 aromatic rings. The lowest BCUT2D eigenvalue weighted by Gasteiger charge is -2.53. The summed E-state index contributed by atoms with van der Waals surface area (Å²) >= 11 is 0. The summed E-state index contributed by atoms with van der Waals surface area (Å²) in [5.74, 6) is 4.58. The summed E-state index contributed by atoms with van der Waals surface area (Å²) in [4.78, 5) is 0. The molecule has 0 heterocycles. The van der Waals surface area contributed by atoms with Crippen molar-refractivity contribution in [1.29, 1.82) is 0 Å². The number of hydrogen-bond donors (Lipinski definition) is 0. The molecule has 20 heavy (non-hydrogen) atoms. The second-order valence-corrected chi connectivity index (χ2v) is 8.74. The fourth-order valence-electron chi connectivity index (χ4n) is 6.01. The van der Waals surface area contributed by atoms with Crippen molar-refractivity contribution in [2.24, 2.45) is 35.0 Å². The molecule has 0 aromatic heterocycles. The lowest BCUT2D eigenvalue weighted by Crippen LogP contribution is -2.43. The zero-order valence-corrected chi connectivity index (χ0v) is 13.7. The van der Waals surface area contributed by atoms with Gasteiger partial charge in [0.25, 0.3) is 0 Å². The normalized spacial score (nSPS) is 40.9. The predicted molar refractivity (Wildman–Crippen MR) is 88.0 cm³/mol. The molecule has 3 saturated carbocycles. The molecule has 4 radical (unpaired) electrons. The fraction of sp³-hybridized carbons (Fsp3) is 1.00. The largest absolute Gasteiger partial charge is 0.0913 e. The Kier molecular flexibility index (Phi) is 3.83. The quantitative estimate of drug-likeness (QED) is 0.646. The van der Waals surface area contributed by atoms with E-state index >= 15 is 0 Å². The lowest BCUT2D eigenvalue weighted by molar-refractivity contribution is 0.0811. The molecule has 2 heteroatoms. The van der Waals surface area contributed by atoms with Crippen LogP contribution in [0.1, 0.15) is 72.1 Å². The van der Waals surface area contributed by atoms with Gasteiger partial charge in [0.05, 0.1) is 15.7 Å². The van der Waals surface area contributed by atoms with E-state index in [0.717, 1.165) is 30.1 Å². The number of fused-ring (bicyclic) bond motifs is 5. The third-order valence-corrected chi connectivity index (χ3v) is 7.40. The summed E-state index contributed by atoms with van der Waals surface area (Å²) in [5.41, 5.74) is 0.0525. The Morgan fingerprint density at radius 2 is 1.55 bits per heavy atom. The topological polar surface area (TPSA) is 0 Å². The van der Waals surface area contributed by atoms with Crippen molar-refractivity contribution < 1.29 is 0 Å². The summed E-state index contributed by atoms with van der Waals surface area (Å²) in [6.45, 7) is 6.80. The molecule has 3 fully saturated rings. The molecule has 3 aliphatic rings. The van der Waals surface area contributed by atoms with E-state index in [-0.39, 0.29) is 5.41 Å². The van der Waals surface area contributed by atoms with Crippen molar-refractivity contribution in [3.63, 3.8) is 0 Å². The first-order chi connectivity index (χ1) is 9.37. The van der Waals surface area contributed by atoms with Gasteiger partial charge in [-0.05, 0) is 67.6 Å². The molecular weight excluding hydrogens is 238 g/mol. The van der Waals surface area contributed by atoms with E-state index in [4.69, 9.17) is 15.7 Å². The number of hydrogen-bond acceptors (Lipinski definition) is 0. The molecule has 3 aliphatic carbocycles. The van der Waals surface area contributed by atoms with Gasteiger partial charge in [0, 0.05) is 0 Å². The van der Waals surface area contributed by atoms with Gasteiger partial charge in [-0.3, -0.25) is 0 Å². The van der Waals surface area contributed by atoms with E-state index < -0.39 is 5.21 Å². The Balaban J connectivity index is 1.72. The van der Waals surface area contributed by atoms with E-state index in [1.54, 1.807) is 0 Å². The minimum absolute atomic E-state index is 0.0525. The van der Waals surface area contributed by atoms with Crippen LogP contribution in [0.4, 0.5) is 0 Å². The molecule has 0 N–H and O–H groups in total. The average molecular weight is 268 g/mol. The Bertz CT molecular complexity index is 360. The van der Waals surface area contributed by atoms with Crippen LogP contribution in [0.25, 0.3) is 0 Å². The van der Waals surface area contributed by atoms with E-state index in [1.165, 1.54) is 44.9 Å². The predicted octanol–water partition coefficient (Wildman–Crippen LogP) is 4.73. The highest BCUT2D eigenvalue weighted by atomic mass is 14.6. The van der Waals surface area contributed by atoms with E-state index in [1.807, 2.05) is 0 Å². The molecule has 0 aliphatic heterocycles. The Hall–Kier alpha value is 0.130. The van der Waals surface area contributed by atoms with Crippen LogP contribution in [0.5, 0.6) is 0 Å². The molecule has 5 atom stereocenters. The molecule has 0 saturated heterocycles. The summed E-state index contributed by atoms with van der Waals surface area (Å²) < 4.78 is 0. The van der Waals surface area contributed by atoms with E-state index in [9.17, 15) is 0 Å². The molecule has 5 unspecified atom stereocenters. The minimum Gasteiger partial charge on any atom is -0.0913 e. The highest BCUT2D eigenvalue weighted by Crippen LogP contribution is 2.62. The highest BCUT2D eigenvalue weighted by molar-refractivity contribution is 6.40. The van der Waals surface area contributed by atoms with Gasteiger partial charge >= 0.3 is 0 Å². The third-order valence-electron chi connectivity index (χ3n) is 7.40. The van der Waals surface area contributed by atoms with E-state index in [2.05, 4.69) is 20.8 Å². The van der Waals surface area contributed by atoms with Crippen LogP contribution in [0.3, 0.4) is 0 Å². The lowest BCUT2D eigenvalue weighted by atomic mass is 9.35. The van der Waals surface area contributed by atoms with Crippen LogP contribution in [0.15, 0.2) is 0 Å². The summed E-state index contributed by atoms with van der Waals surface area (Å²) in [6, 6.07) is 0. The summed E-state index contributed by atoms with van der Waals surface area (Å²) in [6.07, 6.45) is 10.8. The Morgan fingerprint density at radius 1 is 0.900 bits per heavy atom. The van der Waals surface area contributed by atoms with Crippen LogP contribution in [-0.2, 0) is 0 Å². The van der Waals surface area contributed by atoms with Gasteiger partial charge < -0.3 is 0 Å². The van der Waals surface area contributed by atoms with Crippen LogP contribution in [0.2, 0.25) is 5.21 Å². The van der Waals surface area contributed by atoms with Gasteiger partial charge in [-0.15, -0.1) is 0 Å². The average Bonchev–Trinajstić information content (AvgIpc) is 2.99. The third kappa shape index (κ3) is 2.20. The first-order valence-corrected chi connectivity index (χ1v) is 8.94. The number of rotatable bonds is 4. The molecule has 0 spiro atoms. The van der Waals surface area contributed by atoms with Crippen LogP contribution < -0.4 is 0 Å². The maximum Gasteiger partial charge on any atom is 0.0631 e. The van der Waals surface area contributed by atoms with Gasteiger partial charge in [-0.2, -0.15) is 0 Å². The zero-order chi connectivity index (χ0) is 14.5. The first-order valence-electron chi connectivity index (χ1n) is 8.94. The van der Waals surface area contributed by atoms with Gasteiger partial charge in [0.2, 0.25) is 0 Å². The zero-order valence-electron chi connectivity index (χ0n) is 13.7. The monoisotopic (exact) mass is 268 g/mol. The van der Waals surface area contributed by atoms with Gasteiger partial charge in [0.15, 0.2) is 0 Å². The molecule has 108 valence electrons. The standard InChI is InChI=1S/C18H30B2/c1-4-9-17(2,3)18(19,20)14-7-8-15-12-5-6-13(10-12)16(15)11-14/h12-16H,4-11H2,1-3H3. The molecule has 2 bridgehead atoms. The molecule has 3 rings (SSSR count). The highest BCUT2D eigenvalue weighted by Gasteiger charge is 2.52. The van der Waals surface area contributed by atoms with Crippen LogP contribution in [0, 0.1) is 35.0 Å². The SMILES string of the molecule is [B]C([B])(C1CCC2C3CCC(C3)C2C1)C(C)(C)CCC. The van der Waals surface area contributed by atoms with E-state index in [0.29, 0.717) is 5.92 Å².